The number of aliphatic hydroxyl groups excluding tert-OH is 2. The zero-order chi connectivity index (χ0) is 19.8. The highest BCUT2D eigenvalue weighted by atomic mass is 19.1. The van der Waals surface area contributed by atoms with Crippen molar-refractivity contribution in [3.8, 4) is 0 Å². The molecular formula is C21H29FO5. The highest BCUT2D eigenvalue weighted by Crippen LogP contribution is 2.67. The maximum Gasteiger partial charge on any atom is 0.190 e. The minimum atomic E-state index is -1.68. The van der Waals surface area contributed by atoms with Crippen molar-refractivity contribution in [2.75, 3.05) is 6.61 Å². The van der Waals surface area contributed by atoms with Gasteiger partial charge < -0.3 is 15.3 Å². The molecule has 0 aromatic rings. The van der Waals surface area contributed by atoms with Crippen LogP contribution >= 0.6 is 0 Å². The third-order valence-electron chi connectivity index (χ3n) is 8.63. The highest BCUT2D eigenvalue weighted by molar-refractivity contribution is 5.92. The summed E-state index contributed by atoms with van der Waals surface area (Å²) in [4.78, 5) is 24.2. The molecule has 0 unspecified atom stereocenters. The average Bonchev–Trinajstić information content (AvgIpc) is 2.87. The van der Waals surface area contributed by atoms with Gasteiger partial charge in [0.1, 0.15) is 18.4 Å². The van der Waals surface area contributed by atoms with Gasteiger partial charge in [0.05, 0.1) is 6.10 Å². The van der Waals surface area contributed by atoms with E-state index in [0.29, 0.717) is 24.8 Å². The van der Waals surface area contributed by atoms with E-state index in [9.17, 15) is 24.9 Å². The van der Waals surface area contributed by atoms with E-state index < -0.39 is 41.1 Å². The van der Waals surface area contributed by atoms with Gasteiger partial charge in [-0.15, -0.1) is 0 Å². The first kappa shape index (κ1) is 19.2. The summed E-state index contributed by atoms with van der Waals surface area (Å²) in [5.41, 5.74) is -2.61. The smallest absolute Gasteiger partial charge is 0.190 e. The molecule has 0 aromatic carbocycles. The number of ketones is 2. The van der Waals surface area contributed by atoms with Gasteiger partial charge in [0, 0.05) is 11.8 Å². The lowest BCUT2D eigenvalue weighted by molar-refractivity contribution is -0.185. The Bertz CT molecular complexity index is 719. The summed E-state index contributed by atoms with van der Waals surface area (Å²) in [6.07, 6.45) is 1.57. The number of halogens is 1. The molecule has 0 aliphatic heterocycles. The van der Waals surface area contributed by atoms with Crippen LogP contribution in [0.15, 0.2) is 11.6 Å². The molecule has 3 fully saturated rings. The largest absolute Gasteiger partial charge is 0.393 e. The third-order valence-corrected chi connectivity index (χ3v) is 8.63. The fourth-order valence-electron chi connectivity index (χ4n) is 7.29. The van der Waals surface area contributed by atoms with Crippen LogP contribution in [0.25, 0.3) is 0 Å². The fourth-order valence-corrected chi connectivity index (χ4v) is 7.29. The number of fused-ring (bicyclic) bond motifs is 5. The standard InChI is InChI=1S/C21H29FO5/c1-19-5-3-11(24)7-14(19)15(22)8-12-13-4-6-21(27,17(26)10-23)20(13,2)9-16(25)18(12)19/h7,12-13,15-16,18,23,25,27H,3-6,8-10H2,1-2H3/t12-,13-,15-,16-,18+,19-,20-,21-/m0/s1. The molecule has 3 saturated carbocycles. The molecule has 3 N–H and O–H groups in total. The molecule has 0 radical (unpaired) electrons. The molecule has 0 aromatic heterocycles. The second kappa shape index (κ2) is 5.94. The summed E-state index contributed by atoms with van der Waals surface area (Å²) in [7, 11) is 0. The van der Waals surface area contributed by atoms with E-state index in [1.807, 2.05) is 13.8 Å². The maximum atomic E-state index is 15.2. The van der Waals surface area contributed by atoms with Crippen molar-refractivity contribution in [2.24, 2.45) is 28.6 Å². The Morgan fingerprint density at radius 2 is 2.04 bits per heavy atom. The van der Waals surface area contributed by atoms with Gasteiger partial charge in [-0.2, -0.15) is 0 Å². The normalized spacial score (nSPS) is 51.9. The van der Waals surface area contributed by atoms with Gasteiger partial charge in [-0.05, 0) is 66.9 Å². The van der Waals surface area contributed by atoms with Crippen molar-refractivity contribution in [1.29, 1.82) is 0 Å². The second-order valence-corrected chi connectivity index (χ2v) is 9.65. The summed E-state index contributed by atoms with van der Waals surface area (Å²) in [6, 6.07) is 0. The van der Waals surface area contributed by atoms with Crippen molar-refractivity contribution >= 4 is 11.6 Å². The van der Waals surface area contributed by atoms with Crippen molar-refractivity contribution < 1.29 is 29.3 Å². The lowest BCUT2D eigenvalue weighted by atomic mass is 9.45. The summed E-state index contributed by atoms with van der Waals surface area (Å²) < 4.78 is 15.2. The summed E-state index contributed by atoms with van der Waals surface area (Å²) >= 11 is 0. The van der Waals surface area contributed by atoms with Gasteiger partial charge in [0.2, 0.25) is 0 Å². The molecule has 6 heteroatoms. The predicted molar refractivity (Wildman–Crippen MR) is 95.4 cm³/mol. The molecule has 4 aliphatic rings. The third kappa shape index (κ3) is 2.33. The number of carbonyl (C=O) groups excluding carboxylic acids is 2. The van der Waals surface area contributed by atoms with Gasteiger partial charge in [-0.1, -0.05) is 13.8 Å². The summed E-state index contributed by atoms with van der Waals surface area (Å²) in [5, 5.41) is 31.6. The number of allylic oxidation sites excluding steroid dienone is 1. The van der Waals surface area contributed by atoms with Crippen LogP contribution in [0.1, 0.15) is 52.4 Å². The zero-order valence-electron chi connectivity index (χ0n) is 15.9. The van der Waals surface area contributed by atoms with Crippen LogP contribution < -0.4 is 0 Å². The quantitative estimate of drug-likeness (QED) is 0.678. The minimum Gasteiger partial charge on any atom is -0.393 e. The van der Waals surface area contributed by atoms with Crippen LogP contribution in [0.4, 0.5) is 4.39 Å². The monoisotopic (exact) mass is 380 g/mol. The fraction of sp³-hybridized carbons (Fsp3) is 0.810. The van der Waals surface area contributed by atoms with Crippen molar-refractivity contribution in [3.63, 3.8) is 0 Å². The Hall–Kier alpha value is -1.11. The van der Waals surface area contributed by atoms with Crippen LogP contribution in [0.5, 0.6) is 0 Å². The molecule has 4 aliphatic carbocycles. The molecule has 0 amide bonds. The Morgan fingerprint density at radius 1 is 1.33 bits per heavy atom. The van der Waals surface area contributed by atoms with E-state index in [1.165, 1.54) is 6.08 Å². The number of alkyl halides is 1. The first-order chi connectivity index (χ1) is 12.6. The first-order valence-electron chi connectivity index (χ1n) is 10.0. The van der Waals surface area contributed by atoms with Gasteiger partial charge in [0.25, 0.3) is 0 Å². The highest BCUT2D eigenvalue weighted by Gasteiger charge is 2.69. The van der Waals surface area contributed by atoms with E-state index in [0.717, 1.165) is 0 Å². The molecular weight excluding hydrogens is 351 g/mol. The summed E-state index contributed by atoms with van der Waals surface area (Å²) in [5.74, 6) is -1.11. The predicted octanol–water partition coefficient (Wildman–Crippen LogP) is 1.73. The first-order valence-corrected chi connectivity index (χ1v) is 10.0. The van der Waals surface area contributed by atoms with E-state index in [-0.39, 0.29) is 42.8 Å². The van der Waals surface area contributed by atoms with Crippen LogP contribution in [0.3, 0.4) is 0 Å². The number of hydrogen-bond acceptors (Lipinski definition) is 5. The van der Waals surface area contributed by atoms with E-state index in [1.54, 1.807) is 0 Å². The molecule has 4 rings (SSSR count). The molecule has 0 heterocycles. The average molecular weight is 380 g/mol. The number of Topliss-reactive ketones (excluding diaryl/α,β-unsaturated/α-hetero) is 1. The van der Waals surface area contributed by atoms with E-state index in [4.69, 9.17) is 0 Å². The molecule has 0 saturated heterocycles. The number of hydrogen-bond donors (Lipinski definition) is 3. The molecule has 8 atom stereocenters. The second-order valence-electron chi connectivity index (χ2n) is 9.65. The molecule has 5 nitrogen and oxygen atoms in total. The minimum absolute atomic E-state index is 0.0532. The van der Waals surface area contributed by atoms with E-state index >= 15 is 4.39 Å². The van der Waals surface area contributed by atoms with Gasteiger partial charge in [-0.3, -0.25) is 9.59 Å². The number of aliphatic hydroxyl groups is 3. The summed E-state index contributed by atoms with van der Waals surface area (Å²) in [6.45, 7) is 3.03. The van der Waals surface area contributed by atoms with Crippen LogP contribution in [0.2, 0.25) is 0 Å². The van der Waals surface area contributed by atoms with Gasteiger partial charge in [0.15, 0.2) is 11.6 Å². The SMILES string of the molecule is C[C@]12CCC(=O)C=C1[C@@H](F)C[C@@H]1[C@@H]2[C@@H](O)C[C@@]2(C)[C@H]1CC[C@]2(O)C(=O)CO. The Labute approximate surface area is 158 Å². The van der Waals surface area contributed by atoms with Gasteiger partial charge >= 0.3 is 0 Å². The van der Waals surface area contributed by atoms with Crippen molar-refractivity contribution in [1.82, 2.24) is 0 Å². The molecule has 27 heavy (non-hydrogen) atoms. The van der Waals surface area contributed by atoms with Crippen molar-refractivity contribution in [3.05, 3.63) is 11.6 Å². The zero-order valence-corrected chi connectivity index (χ0v) is 15.9. The Balaban J connectivity index is 1.77. The van der Waals surface area contributed by atoms with Crippen LogP contribution in [-0.4, -0.2) is 51.4 Å². The van der Waals surface area contributed by atoms with Crippen molar-refractivity contribution in [2.45, 2.75) is 70.2 Å². The lowest BCUT2D eigenvalue weighted by Gasteiger charge is -2.61. The number of rotatable bonds is 2. The molecule has 0 spiro atoms. The maximum absolute atomic E-state index is 15.2. The molecule has 150 valence electrons. The van der Waals surface area contributed by atoms with Crippen LogP contribution in [0, 0.1) is 28.6 Å². The topological polar surface area (TPSA) is 94.8 Å². The van der Waals surface area contributed by atoms with Gasteiger partial charge in [-0.25, -0.2) is 4.39 Å². The lowest BCUT2D eigenvalue weighted by Crippen LogP contribution is -2.63. The Morgan fingerprint density at radius 3 is 2.70 bits per heavy atom. The number of carbonyl (C=O) groups is 2. The van der Waals surface area contributed by atoms with E-state index in [2.05, 4.69) is 0 Å². The van der Waals surface area contributed by atoms with Crippen LogP contribution in [-0.2, 0) is 9.59 Å². The Kier molecular flexibility index (Phi) is 4.23. The molecule has 0 bridgehead atoms.